The van der Waals surface area contributed by atoms with Gasteiger partial charge in [-0.25, -0.2) is 9.59 Å². The van der Waals surface area contributed by atoms with Crippen LogP contribution in [-0.2, 0) is 28.5 Å². The van der Waals surface area contributed by atoms with Gasteiger partial charge in [0.05, 0.1) is 12.2 Å². The topological polar surface area (TPSA) is 91.4 Å². The van der Waals surface area contributed by atoms with Gasteiger partial charge in [-0.15, -0.1) is 0 Å². The standard InChI is InChI=1S/C35H49NO7/c1-22(2)11-9-12-23(3)15-27-16-24(4)19-35(41-27)20-26(28-18-30(37)25(5)17-31(28)42-35)21-40-32(38)29-13-10-14-36(29)33(39)43-34(6,7)8/h11,15,17,19-20,27-29,31H,9-10,12-14,16,18,21H2,1-8H3/t27-,28?,29?,31-,35+/m1/s1. The number of ether oxygens (including phenoxy) is 4. The molecule has 5 atom stereocenters. The zero-order valence-electron chi connectivity index (χ0n) is 27.2. The molecule has 3 heterocycles. The molecule has 0 aromatic heterocycles. The van der Waals surface area contributed by atoms with Crippen molar-refractivity contribution in [3.63, 3.8) is 0 Å². The summed E-state index contributed by atoms with van der Waals surface area (Å²) in [6.45, 7) is 16.1. The van der Waals surface area contributed by atoms with Crippen molar-refractivity contribution in [2.75, 3.05) is 13.2 Å². The van der Waals surface area contributed by atoms with Crippen LogP contribution in [0.1, 0.15) is 93.9 Å². The highest BCUT2D eigenvalue weighted by Crippen LogP contribution is 2.43. The number of Topliss-reactive ketones (excluding diaryl/α,β-unsaturated/α-hetero) is 1. The number of allylic oxidation sites excluding steroid dienone is 4. The number of fused-ring (bicyclic) bond motifs is 1. The number of likely N-dealkylation sites (tertiary alicyclic amines) is 1. The maximum absolute atomic E-state index is 13.3. The van der Waals surface area contributed by atoms with E-state index in [-0.39, 0.29) is 30.8 Å². The first-order chi connectivity index (χ1) is 20.1. The first-order valence-electron chi connectivity index (χ1n) is 15.6. The van der Waals surface area contributed by atoms with Crippen molar-refractivity contribution in [1.82, 2.24) is 4.90 Å². The minimum absolute atomic E-state index is 0.0115. The third-order valence-electron chi connectivity index (χ3n) is 8.24. The van der Waals surface area contributed by atoms with Gasteiger partial charge in [-0.1, -0.05) is 28.9 Å². The van der Waals surface area contributed by atoms with E-state index in [9.17, 15) is 14.4 Å². The van der Waals surface area contributed by atoms with Gasteiger partial charge in [0.1, 0.15) is 18.2 Å². The molecule has 0 aromatic carbocycles. The highest BCUT2D eigenvalue weighted by atomic mass is 16.7. The number of hydrogen-bond acceptors (Lipinski definition) is 7. The molecular weight excluding hydrogens is 546 g/mol. The molecule has 0 radical (unpaired) electrons. The van der Waals surface area contributed by atoms with Gasteiger partial charge in [-0.2, -0.15) is 0 Å². The van der Waals surface area contributed by atoms with Gasteiger partial charge in [-0.3, -0.25) is 9.69 Å². The molecule has 1 amide bonds. The highest BCUT2D eigenvalue weighted by molar-refractivity contribution is 5.96. The molecule has 8 nitrogen and oxygen atoms in total. The Labute approximate surface area is 256 Å². The molecule has 0 bridgehead atoms. The van der Waals surface area contributed by atoms with E-state index < -0.39 is 35.6 Å². The van der Waals surface area contributed by atoms with Gasteiger partial charge in [0.2, 0.25) is 5.79 Å². The minimum Gasteiger partial charge on any atom is -0.460 e. The Balaban J connectivity index is 1.55. The van der Waals surface area contributed by atoms with Crippen molar-refractivity contribution in [3.05, 3.63) is 58.2 Å². The van der Waals surface area contributed by atoms with Crippen LogP contribution in [0, 0.1) is 5.92 Å². The van der Waals surface area contributed by atoms with Gasteiger partial charge < -0.3 is 18.9 Å². The SMILES string of the molecule is CC(C)=CCCC(C)=C[C@@H]1CC(C)=C[C@]2(C=C(COC(=O)C3CCCN3C(=O)OC(C)(C)C)C3CC(=O)C(C)=C[C@H]3O2)O1. The fourth-order valence-corrected chi connectivity index (χ4v) is 6.20. The lowest BCUT2D eigenvalue weighted by molar-refractivity contribution is -0.225. The molecule has 2 unspecified atom stereocenters. The van der Waals surface area contributed by atoms with E-state index in [1.807, 2.05) is 25.2 Å². The molecule has 1 aliphatic carbocycles. The molecule has 4 rings (SSSR count). The lowest BCUT2D eigenvalue weighted by atomic mass is 9.79. The molecule has 4 aliphatic rings. The van der Waals surface area contributed by atoms with Crippen molar-refractivity contribution in [2.45, 2.75) is 124 Å². The van der Waals surface area contributed by atoms with Crippen LogP contribution in [0.25, 0.3) is 0 Å². The number of amides is 1. The average molecular weight is 596 g/mol. The molecule has 0 aromatic rings. The fraction of sp³-hybridized carbons (Fsp3) is 0.629. The Morgan fingerprint density at radius 1 is 1.12 bits per heavy atom. The Bertz CT molecular complexity index is 1260. The second kappa shape index (κ2) is 13.3. The smallest absolute Gasteiger partial charge is 0.411 e. The normalized spacial score (nSPS) is 29.4. The van der Waals surface area contributed by atoms with E-state index in [1.165, 1.54) is 16.0 Å². The van der Waals surface area contributed by atoms with Crippen LogP contribution in [0.15, 0.2) is 58.2 Å². The number of esters is 1. The molecule has 1 saturated heterocycles. The Hall–Kier alpha value is -2.97. The fourth-order valence-electron chi connectivity index (χ4n) is 6.20. The van der Waals surface area contributed by atoms with E-state index in [2.05, 4.69) is 39.8 Å². The van der Waals surface area contributed by atoms with E-state index >= 15 is 0 Å². The molecule has 1 fully saturated rings. The second-order valence-electron chi connectivity index (χ2n) is 13.7. The third-order valence-corrected chi connectivity index (χ3v) is 8.24. The summed E-state index contributed by atoms with van der Waals surface area (Å²) in [5.74, 6) is -1.83. The summed E-state index contributed by atoms with van der Waals surface area (Å²) < 4.78 is 24.6. The zero-order chi connectivity index (χ0) is 31.5. The Morgan fingerprint density at radius 3 is 2.56 bits per heavy atom. The number of carbonyl (C=O) groups is 3. The molecule has 1 spiro atoms. The number of ketones is 1. The maximum atomic E-state index is 13.3. The molecule has 236 valence electrons. The first kappa shape index (κ1) is 32.9. The van der Waals surface area contributed by atoms with Crippen LogP contribution in [-0.4, -0.2) is 65.5 Å². The quantitative estimate of drug-likeness (QED) is 0.233. The predicted molar refractivity (Wildman–Crippen MR) is 165 cm³/mol. The highest BCUT2D eigenvalue weighted by Gasteiger charge is 2.46. The summed E-state index contributed by atoms with van der Waals surface area (Å²) in [6.07, 6.45) is 13.3. The first-order valence-corrected chi connectivity index (χ1v) is 15.6. The van der Waals surface area contributed by atoms with E-state index in [0.717, 1.165) is 30.4 Å². The largest absolute Gasteiger partial charge is 0.460 e. The summed E-state index contributed by atoms with van der Waals surface area (Å²) >= 11 is 0. The van der Waals surface area contributed by atoms with Crippen LogP contribution < -0.4 is 0 Å². The molecule has 43 heavy (non-hydrogen) atoms. The molecule has 3 aliphatic heterocycles. The lowest BCUT2D eigenvalue weighted by Gasteiger charge is -2.45. The van der Waals surface area contributed by atoms with Crippen LogP contribution >= 0.6 is 0 Å². The number of hydrogen-bond donors (Lipinski definition) is 0. The summed E-state index contributed by atoms with van der Waals surface area (Å²) in [5, 5.41) is 0. The summed E-state index contributed by atoms with van der Waals surface area (Å²) in [7, 11) is 0. The summed E-state index contributed by atoms with van der Waals surface area (Å²) in [4.78, 5) is 40.2. The van der Waals surface area contributed by atoms with E-state index in [0.29, 0.717) is 25.0 Å². The summed E-state index contributed by atoms with van der Waals surface area (Å²) in [5.41, 5.74) is 4.50. The van der Waals surface area contributed by atoms with Crippen LogP contribution in [0.3, 0.4) is 0 Å². The van der Waals surface area contributed by atoms with Gasteiger partial charge in [0, 0.05) is 18.9 Å². The van der Waals surface area contributed by atoms with E-state index in [1.54, 1.807) is 20.8 Å². The molecular formula is C35H49NO7. The average Bonchev–Trinajstić information content (AvgIpc) is 3.37. The number of rotatable bonds is 7. The third kappa shape index (κ3) is 8.57. The van der Waals surface area contributed by atoms with Crippen molar-refractivity contribution < 1.29 is 33.3 Å². The summed E-state index contributed by atoms with van der Waals surface area (Å²) in [6, 6.07) is -0.702. The van der Waals surface area contributed by atoms with E-state index in [4.69, 9.17) is 18.9 Å². The van der Waals surface area contributed by atoms with Gasteiger partial charge in [0.25, 0.3) is 0 Å². The minimum atomic E-state index is -1.14. The lowest BCUT2D eigenvalue weighted by Crippen LogP contribution is -2.49. The number of carbonyl (C=O) groups excluding carboxylic acids is 3. The predicted octanol–water partition coefficient (Wildman–Crippen LogP) is 6.91. The monoisotopic (exact) mass is 595 g/mol. The Kier molecular flexibility index (Phi) is 10.2. The molecule has 0 N–H and O–H groups in total. The van der Waals surface area contributed by atoms with Crippen molar-refractivity contribution >= 4 is 17.8 Å². The van der Waals surface area contributed by atoms with Crippen LogP contribution in [0.5, 0.6) is 0 Å². The second-order valence-corrected chi connectivity index (χ2v) is 13.7. The van der Waals surface area contributed by atoms with Crippen molar-refractivity contribution in [3.8, 4) is 0 Å². The molecule has 0 saturated carbocycles. The van der Waals surface area contributed by atoms with Gasteiger partial charge in [-0.05, 0) is 117 Å². The maximum Gasteiger partial charge on any atom is 0.411 e. The van der Waals surface area contributed by atoms with Gasteiger partial charge >= 0.3 is 12.1 Å². The van der Waals surface area contributed by atoms with Gasteiger partial charge in [0.15, 0.2) is 5.78 Å². The van der Waals surface area contributed by atoms with Crippen molar-refractivity contribution in [1.29, 1.82) is 0 Å². The zero-order valence-corrected chi connectivity index (χ0v) is 27.2. The Morgan fingerprint density at radius 2 is 1.86 bits per heavy atom. The van der Waals surface area contributed by atoms with Crippen molar-refractivity contribution in [2.24, 2.45) is 5.92 Å². The van der Waals surface area contributed by atoms with Crippen LogP contribution in [0.2, 0.25) is 0 Å². The molecule has 8 heteroatoms. The number of nitrogens with zero attached hydrogens (tertiary/aromatic N) is 1. The van der Waals surface area contributed by atoms with Crippen LogP contribution in [0.4, 0.5) is 4.79 Å².